The van der Waals surface area contributed by atoms with Crippen LogP contribution >= 0.6 is 11.3 Å². The van der Waals surface area contributed by atoms with Crippen molar-refractivity contribution in [1.82, 2.24) is 9.88 Å². The number of ether oxygens (including phenoxy) is 1. The summed E-state index contributed by atoms with van der Waals surface area (Å²) in [5.74, 6) is -0.181. The Bertz CT molecular complexity index is 774. The number of anilines is 1. The van der Waals surface area contributed by atoms with Crippen LogP contribution in [0.25, 0.3) is 10.2 Å². The van der Waals surface area contributed by atoms with Gasteiger partial charge in [0, 0.05) is 18.2 Å². The number of carbonyl (C=O) groups excluding carboxylic acids is 2. The highest BCUT2D eigenvalue weighted by molar-refractivity contribution is 7.18. The van der Waals surface area contributed by atoms with Crippen LogP contribution in [0.3, 0.4) is 0 Å². The Hall–Kier alpha value is -2.19. The van der Waals surface area contributed by atoms with Gasteiger partial charge in [0.2, 0.25) is 5.91 Å². The van der Waals surface area contributed by atoms with E-state index >= 15 is 0 Å². The largest absolute Gasteiger partial charge is 0.367 e. The number of primary amides is 1. The third kappa shape index (κ3) is 3.49. The van der Waals surface area contributed by atoms with E-state index in [9.17, 15) is 9.59 Å². The molecule has 0 bridgehead atoms. The van der Waals surface area contributed by atoms with E-state index in [0.29, 0.717) is 24.8 Å². The first kappa shape index (κ1) is 16.7. The Kier molecular flexibility index (Phi) is 4.68. The third-order valence-electron chi connectivity index (χ3n) is 3.82. The van der Waals surface area contributed by atoms with Gasteiger partial charge in [-0.25, -0.2) is 9.78 Å². The van der Waals surface area contributed by atoms with E-state index in [2.05, 4.69) is 24.1 Å². The molecule has 1 atom stereocenters. The number of aromatic nitrogens is 1. The van der Waals surface area contributed by atoms with Gasteiger partial charge in [0.15, 0.2) is 6.10 Å². The molecule has 3 N–H and O–H groups in total. The first-order valence-electron chi connectivity index (χ1n) is 7.81. The summed E-state index contributed by atoms with van der Waals surface area (Å²) >= 11 is 1.63. The van der Waals surface area contributed by atoms with Crippen molar-refractivity contribution in [2.24, 2.45) is 5.73 Å². The predicted molar refractivity (Wildman–Crippen MR) is 93.2 cm³/mol. The number of rotatable bonds is 3. The highest BCUT2D eigenvalue weighted by Crippen LogP contribution is 2.29. The van der Waals surface area contributed by atoms with Crippen molar-refractivity contribution in [3.63, 3.8) is 0 Å². The van der Waals surface area contributed by atoms with E-state index in [1.807, 2.05) is 18.2 Å². The van der Waals surface area contributed by atoms with Crippen molar-refractivity contribution in [2.45, 2.75) is 25.9 Å². The SMILES string of the molecule is CC(C)c1nc2ccc(NC(=O)N3CCO[C@@H](C(N)=O)C3)cc2s1. The van der Waals surface area contributed by atoms with E-state index in [-0.39, 0.29) is 12.6 Å². The number of amides is 3. The standard InChI is InChI=1S/C16H20N4O3S/c1-9(2)15-19-11-4-3-10(7-13(11)24-15)18-16(22)20-5-6-23-12(8-20)14(17)21/h3-4,7,9,12H,5-6,8H2,1-2H3,(H2,17,21)(H,18,22)/t12-/m1/s1. The molecule has 24 heavy (non-hydrogen) atoms. The minimum atomic E-state index is -0.748. The monoisotopic (exact) mass is 348 g/mol. The fraction of sp³-hybridized carbons (Fsp3) is 0.438. The Morgan fingerprint density at radius 3 is 2.96 bits per heavy atom. The van der Waals surface area contributed by atoms with Gasteiger partial charge in [-0.1, -0.05) is 13.8 Å². The molecule has 1 saturated heterocycles. The first-order chi connectivity index (χ1) is 11.4. The fourth-order valence-corrected chi connectivity index (χ4v) is 3.48. The van der Waals surface area contributed by atoms with Crippen molar-refractivity contribution in [3.8, 4) is 0 Å². The molecule has 0 radical (unpaired) electrons. The second-order valence-electron chi connectivity index (χ2n) is 6.03. The van der Waals surface area contributed by atoms with Gasteiger partial charge in [-0.3, -0.25) is 4.79 Å². The molecule has 2 aromatic rings. The number of urea groups is 1. The second kappa shape index (κ2) is 6.74. The van der Waals surface area contributed by atoms with Crippen molar-refractivity contribution in [1.29, 1.82) is 0 Å². The van der Waals surface area contributed by atoms with E-state index in [4.69, 9.17) is 10.5 Å². The number of fused-ring (bicyclic) bond motifs is 1. The number of nitrogens with two attached hydrogens (primary N) is 1. The van der Waals surface area contributed by atoms with Crippen molar-refractivity contribution in [3.05, 3.63) is 23.2 Å². The minimum absolute atomic E-state index is 0.168. The summed E-state index contributed by atoms with van der Waals surface area (Å²) in [6.45, 7) is 5.10. The summed E-state index contributed by atoms with van der Waals surface area (Å²) in [4.78, 5) is 29.7. The zero-order chi connectivity index (χ0) is 17.3. The molecule has 3 rings (SSSR count). The Balaban J connectivity index is 1.72. The van der Waals surface area contributed by atoms with Crippen LogP contribution in [0.2, 0.25) is 0 Å². The van der Waals surface area contributed by atoms with Crippen molar-refractivity contribution in [2.75, 3.05) is 25.0 Å². The number of benzene rings is 1. The smallest absolute Gasteiger partial charge is 0.322 e. The van der Waals surface area contributed by atoms with Crippen LogP contribution in [0.4, 0.5) is 10.5 Å². The lowest BCUT2D eigenvalue weighted by Crippen LogP contribution is -2.51. The molecule has 8 heteroatoms. The number of morpholine rings is 1. The summed E-state index contributed by atoms with van der Waals surface area (Å²) in [7, 11) is 0. The van der Waals surface area contributed by atoms with Crippen molar-refractivity contribution < 1.29 is 14.3 Å². The van der Waals surface area contributed by atoms with Crippen LogP contribution in [0.5, 0.6) is 0 Å². The molecule has 7 nitrogen and oxygen atoms in total. The van der Waals surface area contributed by atoms with E-state index in [0.717, 1.165) is 15.2 Å². The van der Waals surface area contributed by atoms with Gasteiger partial charge in [-0.05, 0) is 18.2 Å². The lowest BCUT2D eigenvalue weighted by Gasteiger charge is -2.31. The number of thiazole rings is 1. The van der Waals surface area contributed by atoms with Gasteiger partial charge in [-0.2, -0.15) is 0 Å². The first-order valence-corrected chi connectivity index (χ1v) is 8.63. The van der Waals surface area contributed by atoms with Gasteiger partial charge in [-0.15, -0.1) is 11.3 Å². The summed E-state index contributed by atoms with van der Waals surface area (Å²) in [5, 5.41) is 3.93. The third-order valence-corrected chi connectivity index (χ3v) is 5.14. The summed E-state index contributed by atoms with van der Waals surface area (Å²) < 4.78 is 6.29. The molecule has 0 spiro atoms. The molecule has 0 saturated carbocycles. The van der Waals surface area contributed by atoms with E-state index < -0.39 is 12.0 Å². The Morgan fingerprint density at radius 2 is 2.25 bits per heavy atom. The number of hydrogen-bond donors (Lipinski definition) is 2. The topological polar surface area (TPSA) is 97.6 Å². The van der Waals surface area contributed by atoms with Crippen LogP contribution in [0, 0.1) is 0 Å². The summed E-state index contributed by atoms with van der Waals surface area (Å²) in [5.41, 5.74) is 6.88. The average Bonchev–Trinajstić information content (AvgIpc) is 2.98. The van der Waals surface area contributed by atoms with Gasteiger partial charge in [0.05, 0.1) is 28.4 Å². The molecule has 1 aliphatic rings. The van der Waals surface area contributed by atoms with Gasteiger partial charge in [0.25, 0.3) is 0 Å². The minimum Gasteiger partial charge on any atom is -0.367 e. The predicted octanol–water partition coefficient (Wildman–Crippen LogP) is 2.14. The lowest BCUT2D eigenvalue weighted by atomic mass is 10.2. The normalized spacial score (nSPS) is 18.1. The van der Waals surface area contributed by atoms with Gasteiger partial charge < -0.3 is 20.7 Å². The zero-order valence-electron chi connectivity index (χ0n) is 13.6. The molecule has 1 aromatic carbocycles. The van der Waals surface area contributed by atoms with E-state index in [1.54, 1.807) is 11.3 Å². The summed E-state index contributed by atoms with van der Waals surface area (Å²) in [6.07, 6.45) is -0.748. The molecular formula is C16H20N4O3S. The van der Waals surface area contributed by atoms with Crippen LogP contribution in [0.1, 0.15) is 24.8 Å². The molecule has 1 aliphatic heterocycles. The quantitative estimate of drug-likeness (QED) is 0.888. The van der Waals surface area contributed by atoms with Crippen LogP contribution in [-0.2, 0) is 9.53 Å². The lowest BCUT2D eigenvalue weighted by molar-refractivity contribution is -0.133. The molecule has 2 heterocycles. The van der Waals surface area contributed by atoms with Crippen LogP contribution in [0.15, 0.2) is 18.2 Å². The van der Waals surface area contributed by atoms with Crippen molar-refractivity contribution >= 4 is 39.2 Å². The Labute approximate surface area is 143 Å². The van der Waals surface area contributed by atoms with Gasteiger partial charge >= 0.3 is 6.03 Å². The highest BCUT2D eigenvalue weighted by Gasteiger charge is 2.27. The molecule has 0 unspecified atom stereocenters. The van der Waals surface area contributed by atoms with E-state index in [1.165, 1.54) is 4.90 Å². The number of nitrogens with zero attached hydrogens (tertiary/aromatic N) is 2. The molecular weight excluding hydrogens is 328 g/mol. The molecule has 3 amide bonds. The zero-order valence-corrected chi connectivity index (χ0v) is 14.4. The molecule has 0 aliphatic carbocycles. The molecule has 1 aromatic heterocycles. The number of nitrogens with one attached hydrogen (secondary N) is 1. The fourth-order valence-electron chi connectivity index (χ4n) is 2.48. The maximum atomic E-state index is 12.4. The maximum absolute atomic E-state index is 12.4. The molecule has 128 valence electrons. The van der Waals surface area contributed by atoms with Gasteiger partial charge in [0.1, 0.15) is 0 Å². The maximum Gasteiger partial charge on any atom is 0.322 e. The average molecular weight is 348 g/mol. The highest BCUT2D eigenvalue weighted by atomic mass is 32.1. The van der Waals surface area contributed by atoms with Crippen LogP contribution < -0.4 is 11.1 Å². The number of hydrogen-bond acceptors (Lipinski definition) is 5. The number of carbonyl (C=O) groups is 2. The molecule has 1 fully saturated rings. The second-order valence-corrected chi connectivity index (χ2v) is 7.09. The Morgan fingerprint density at radius 1 is 1.46 bits per heavy atom. The summed E-state index contributed by atoms with van der Waals surface area (Å²) in [6, 6.07) is 5.38. The van der Waals surface area contributed by atoms with Crippen LogP contribution in [-0.4, -0.2) is 47.6 Å².